The molecule has 0 radical (unpaired) electrons. The molecule has 8 nitrogen and oxygen atoms in total. The molecule has 1 aromatic heterocycles. The van der Waals surface area contributed by atoms with Gasteiger partial charge >= 0.3 is 0 Å². The Morgan fingerprint density at radius 2 is 2.08 bits per heavy atom. The van der Waals surface area contributed by atoms with Crippen molar-refractivity contribution in [2.45, 2.75) is 36.6 Å². The van der Waals surface area contributed by atoms with Crippen LogP contribution >= 0.6 is 0 Å². The van der Waals surface area contributed by atoms with Gasteiger partial charge in [-0.05, 0) is 39.0 Å². The molecule has 1 unspecified atom stereocenters. The Morgan fingerprint density at radius 1 is 1.35 bits per heavy atom. The zero-order valence-electron chi connectivity index (χ0n) is 14.8. The molecule has 2 N–H and O–H groups in total. The maximum Gasteiger partial charge on any atom is 0.265 e. The van der Waals surface area contributed by atoms with Crippen LogP contribution in [0.15, 0.2) is 46.5 Å². The highest BCUT2D eigenvalue weighted by atomic mass is 32.2. The molecule has 26 heavy (non-hydrogen) atoms. The topological polar surface area (TPSA) is 110 Å². The number of carbonyl (C=O) groups excluding carboxylic acids is 1. The average Bonchev–Trinajstić information content (AvgIpc) is 3.06. The quantitative estimate of drug-likeness (QED) is 0.700. The first-order chi connectivity index (χ1) is 12.2. The van der Waals surface area contributed by atoms with Crippen LogP contribution in [0.25, 0.3) is 0 Å². The third kappa shape index (κ3) is 5.15. The number of hydrogen-bond acceptors (Lipinski definition) is 5. The smallest absolute Gasteiger partial charge is 0.265 e. The molecule has 2 aromatic rings. The Bertz CT molecular complexity index is 906. The van der Waals surface area contributed by atoms with E-state index in [4.69, 9.17) is 0 Å². The van der Waals surface area contributed by atoms with E-state index in [1.54, 1.807) is 29.8 Å². The third-order valence-electron chi connectivity index (χ3n) is 3.40. The first kappa shape index (κ1) is 20.1. The van der Waals surface area contributed by atoms with Gasteiger partial charge in [0, 0.05) is 23.7 Å². The zero-order chi connectivity index (χ0) is 19.3. The Kier molecular flexibility index (Phi) is 6.54. The van der Waals surface area contributed by atoms with Crippen molar-refractivity contribution >= 4 is 32.4 Å². The molecule has 2 rings (SSSR count). The predicted octanol–water partition coefficient (Wildman–Crippen LogP) is 1.51. The number of anilines is 1. The molecule has 1 heterocycles. The molecule has 0 aliphatic carbocycles. The van der Waals surface area contributed by atoms with Gasteiger partial charge in [-0.15, -0.1) is 0 Å². The van der Waals surface area contributed by atoms with Crippen LogP contribution in [0.2, 0.25) is 0 Å². The molecule has 0 saturated carbocycles. The normalized spacial score (nSPS) is 12.8. The van der Waals surface area contributed by atoms with E-state index in [-0.39, 0.29) is 28.3 Å². The summed E-state index contributed by atoms with van der Waals surface area (Å²) in [6.07, 6.45) is 2.73. The van der Waals surface area contributed by atoms with E-state index in [9.17, 15) is 17.4 Å². The van der Waals surface area contributed by atoms with Crippen molar-refractivity contribution in [2.75, 3.05) is 17.0 Å². The summed E-state index contributed by atoms with van der Waals surface area (Å²) in [7, 11) is -5.38. The second-order valence-corrected chi connectivity index (χ2v) is 8.96. The van der Waals surface area contributed by atoms with Crippen molar-refractivity contribution in [1.29, 1.82) is 0 Å². The predicted molar refractivity (Wildman–Crippen MR) is 99.8 cm³/mol. The van der Waals surface area contributed by atoms with Crippen LogP contribution < -0.4 is 10.0 Å². The lowest BCUT2D eigenvalue weighted by Gasteiger charge is -2.09. The zero-order valence-corrected chi connectivity index (χ0v) is 16.4. The average molecular weight is 399 g/mol. The monoisotopic (exact) mass is 398 g/mol. The van der Waals surface area contributed by atoms with Gasteiger partial charge < -0.3 is 5.32 Å². The van der Waals surface area contributed by atoms with Crippen LogP contribution in [0.5, 0.6) is 0 Å². The van der Waals surface area contributed by atoms with Gasteiger partial charge in [-0.3, -0.25) is 18.4 Å². The molecule has 0 aliphatic heterocycles. The number of aromatic nitrogens is 2. The molecule has 1 amide bonds. The number of rotatable bonds is 8. The van der Waals surface area contributed by atoms with Crippen molar-refractivity contribution < 1.29 is 17.4 Å². The van der Waals surface area contributed by atoms with E-state index < -0.39 is 20.8 Å². The van der Waals surface area contributed by atoms with Crippen molar-refractivity contribution in [3.63, 3.8) is 0 Å². The summed E-state index contributed by atoms with van der Waals surface area (Å²) in [6.45, 7) is 6.02. The van der Waals surface area contributed by atoms with Crippen LogP contribution in [0, 0.1) is 0 Å². The van der Waals surface area contributed by atoms with Crippen molar-refractivity contribution in [3.8, 4) is 0 Å². The standard InChI is InChI=1S/C16H22N4O4S2/c1-4-17-16(21)11-25(22)14-7-5-6-13(8-14)19-26(23,24)15-9-18-20(10-15)12(2)3/h5-10,12,19H,4,11H2,1-3H3,(H,17,21). The number of hydrogen-bond donors (Lipinski definition) is 2. The summed E-state index contributed by atoms with van der Waals surface area (Å²) in [6, 6.07) is 6.22. The van der Waals surface area contributed by atoms with Gasteiger partial charge in [0.25, 0.3) is 10.0 Å². The van der Waals surface area contributed by atoms with E-state index in [0.717, 1.165) is 0 Å². The fourth-order valence-corrected chi connectivity index (χ4v) is 4.09. The molecule has 0 bridgehead atoms. The molecule has 0 fully saturated rings. The van der Waals surface area contributed by atoms with Gasteiger partial charge in [0.2, 0.25) is 5.91 Å². The molecule has 0 saturated heterocycles. The number of nitrogens with zero attached hydrogens (tertiary/aromatic N) is 2. The van der Waals surface area contributed by atoms with E-state index >= 15 is 0 Å². The van der Waals surface area contributed by atoms with Crippen molar-refractivity contribution in [1.82, 2.24) is 15.1 Å². The van der Waals surface area contributed by atoms with E-state index in [1.165, 1.54) is 18.5 Å². The minimum atomic E-state index is -3.81. The van der Waals surface area contributed by atoms with Gasteiger partial charge in [0.15, 0.2) is 0 Å². The minimum absolute atomic E-state index is 0.0407. The lowest BCUT2D eigenvalue weighted by Crippen LogP contribution is -2.27. The molecule has 0 aliphatic rings. The molecule has 1 atom stereocenters. The first-order valence-electron chi connectivity index (χ1n) is 8.05. The van der Waals surface area contributed by atoms with Crippen molar-refractivity contribution in [3.05, 3.63) is 36.7 Å². The summed E-state index contributed by atoms with van der Waals surface area (Å²) in [5.41, 5.74) is 0.268. The maximum absolute atomic E-state index is 12.5. The number of sulfonamides is 1. The molecular weight excluding hydrogens is 376 g/mol. The van der Waals surface area contributed by atoms with Crippen LogP contribution in [-0.2, 0) is 25.6 Å². The lowest BCUT2D eigenvalue weighted by atomic mass is 10.3. The second-order valence-electron chi connectivity index (χ2n) is 5.83. The highest BCUT2D eigenvalue weighted by Crippen LogP contribution is 2.19. The van der Waals surface area contributed by atoms with Gasteiger partial charge in [-0.2, -0.15) is 5.10 Å². The first-order valence-corrected chi connectivity index (χ1v) is 10.8. The number of amides is 1. The molecule has 10 heteroatoms. The summed E-state index contributed by atoms with van der Waals surface area (Å²) >= 11 is 0. The molecule has 1 aromatic carbocycles. The summed E-state index contributed by atoms with van der Waals surface area (Å²) in [5.74, 6) is -0.497. The largest absolute Gasteiger partial charge is 0.356 e. The minimum Gasteiger partial charge on any atom is -0.356 e. The summed E-state index contributed by atoms with van der Waals surface area (Å²) in [4.78, 5) is 12.0. The van der Waals surface area contributed by atoms with Crippen LogP contribution in [0.1, 0.15) is 26.8 Å². The summed E-state index contributed by atoms with van der Waals surface area (Å²) in [5, 5.41) is 6.60. The maximum atomic E-state index is 12.5. The van der Waals surface area contributed by atoms with Crippen molar-refractivity contribution in [2.24, 2.45) is 0 Å². The van der Waals surface area contributed by atoms with E-state index in [1.807, 2.05) is 13.8 Å². The van der Waals surface area contributed by atoms with Crippen LogP contribution in [0.4, 0.5) is 5.69 Å². The lowest BCUT2D eigenvalue weighted by molar-refractivity contribution is -0.118. The Labute approximate surface area is 155 Å². The Balaban J connectivity index is 2.16. The van der Waals surface area contributed by atoms with Gasteiger partial charge in [0.1, 0.15) is 10.6 Å². The second kappa shape index (κ2) is 8.45. The fourth-order valence-electron chi connectivity index (χ4n) is 2.11. The Hall–Kier alpha value is -2.20. The molecule has 0 spiro atoms. The summed E-state index contributed by atoms with van der Waals surface area (Å²) < 4.78 is 41.2. The highest BCUT2D eigenvalue weighted by molar-refractivity contribution is 7.92. The molecule has 142 valence electrons. The molecular formula is C16H22N4O4S2. The number of carbonyl (C=O) groups is 1. The van der Waals surface area contributed by atoms with Crippen LogP contribution in [-0.4, -0.2) is 40.6 Å². The van der Waals surface area contributed by atoms with Crippen LogP contribution in [0.3, 0.4) is 0 Å². The number of nitrogens with one attached hydrogen (secondary N) is 2. The van der Waals surface area contributed by atoms with Gasteiger partial charge in [-0.1, -0.05) is 6.07 Å². The van der Waals surface area contributed by atoms with E-state index in [2.05, 4.69) is 15.1 Å². The van der Waals surface area contributed by atoms with Gasteiger partial charge in [0.05, 0.1) is 22.7 Å². The fraction of sp³-hybridized carbons (Fsp3) is 0.375. The number of benzene rings is 1. The highest BCUT2D eigenvalue weighted by Gasteiger charge is 2.18. The van der Waals surface area contributed by atoms with Gasteiger partial charge in [-0.25, -0.2) is 8.42 Å². The third-order valence-corrected chi connectivity index (χ3v) is 6.04. The Morgan fingerprint density at radius 3 is 2.69 bits per heavy atom. The van der Waals surface area contributed by atoms with E-state index in [0.29, 0.717) is 11.4 Å². The SMILES string of the molecule is CCNC(=O)CS(=O)c1cccc(NS(=O)(=O)c2cnn(C(C)C)c2)c1.